The molecule has 0 rings (SSSR count). The first-order valence-corrected chi connectivity index (χ1v) is 13.8. The monoisotopic (exact) mass is 743 g/mol. The Balaban J connectivity index is -0.000000386. The van der Waals surface area contributed by atoms with Crippen molar-refractivity contribution in [2.45, 2.75) is 69.6 Å². The van der Waals surface area contributed by atoms with Gasteiger partial charge in [-0.1, -0.05) is 12.8 Å². The van der Waals surface area contributed by atoms with Crippen LogP contribution in [0, 0.1) is 0 Å². The summed E-state index contributed by atoms with van der Waals surface area (Å²) in [5, 5.41) is 36.5. The van der Waals surface area contributed by atoms with Gasteiger partial charge in [0.2, 0.25) is 6.10 Å². The first kappa shape index (κ1) is 51.7. The predicted octanol–water partition coefficient (Wildman–Crippen LogP) is 0.904. The highest BCUT2D eigenvalue weighted by atomic mass is 19.4. The first-order chi connectivity index (χ1) is 22.5. The summed E-state index contributed by atoms with van der Waals surface area (Å²) >= 11 is 0. The van der Waals surface area contributed by atoms with Crippen LogP contribution in [0.4, 0.5) is 39.5 Å². The molecule has 0 aromatic carbocycles. The Morgan fingerprint density at radius 2 is 0.980 bits per heavy atom. The zero-order chi connectivity index (χ0) is 39.1. The van der Waals surface area contributed by atoms with Gasteiger partial charge in [0, 0.05) is 26.7 Å². The maximum atomic E-state index is 12.1. The van der Waals surface area contributed by atoms with E-state index in [1.807, 2.05) is 0 Å². The molecule has 0 saturated carbocycles. The van der Waals surface area contributed by atoms with Gasteiger partial charge in [0.15, 0.2) is 0 Å². The van der Waals surface area contributed by atoms with Gasteiger partial charge in [-0.25, -0.2) is 14.4 Å². The second kappa shape index (κ2) is 30.0. The zero-order valence-corrected chi connectivity index (χ0v) is 26.1. The van der Waals surface area contributed by atoms with Crippen molar-refractivity contribution in [3.63, 3.8) is 0 Å². The highest BCUT2D eigenvalue weighted by Crippen LogP contribution is 2.14. The Bertz CT molecular complexity index is 898. The minimum Gasteiger partial charge on any atom is -0.475 e. The number of nitrogens with two attached hydrogens (primary N) is 2. The van der Waals surface area contributed by atoms with Crippen LogP contribution in [0.25, 0.3) is 0 Å². The number of aliphatic carboxylic acids is 3. The molecule has 0 aliphatic carbocycles. The van der Waals surface area contributed by atoms with Crippen molar-refractivity contribution < 1.29 is 83.5 Å². The second-order valence-electron chi connectivity index (χ2n) is 8.85. The topological polar surface area (TPSA) is 268 Å². The quantitative estimate of drug-likeness (QED) is 0.0170. The van der Waals surface area contributed by atoms with E-state index < -0.39 is 54.4 Å². The number of amides is 2. The van der Waals surface area contributed by atoms with Crippen molar-refractivity contribution in [1.82, 2.24) is 21.3 Å². The van der Waals surface area contributed by atoms with E-state index in [0.29, 0.717) is 19.6 Å². The fraction of sp³-hybridized carbons (Fsp3) is 0.750. The molecule has 2 amide bonds. The van der Waals surface area contributed by atoms with Gasteiger partial charge >= 0.3 is 36.4 Å². The van der Waals surface area contributed by atoms with Crippen LogP contribution in [0.1, 0.15) is 44.9 Å². The number of methoxy groups -OCH3 is 1. The van der Waals surface area contributed by atoms with Crippen LogP contribution in [0.15, 0.2) is 5.10 Å². The lowest BCUT2D eigenvalue weighted by Crippen LogP contribution is -2.47. The van der Waals surface area contributed by atoms with Crippen molar-refractivity contribution in [3.05, 3.63) is 0 Å². The molecule has 0 aromatic rings. The van der Waals surface area contributed by atoms with E-state index in [0.717, 1.165) is 64.6 Å². The number of carbonyl (C=O) groups excluding carboxylic acids is 2. The number of carboxylic acid groups (broad SMARTS) is 3. The van der Waals surface area contributed by atoms with Crippen LogP contribution in [-0.4, -0.2) is 122 Å². The second-order valence-corrected chi connectivity index (χ2v) is 8.85. The number of ether oxygens (including phenoxy) is 1. The van der Waals surface area contributed by atoms with Gasteiger partial charge in [-0.3, -0.25) is 9.59 Å². The van der Waals surface area contributed by atoms with E-state index in [2.05, 4.69) is 26.4 Å². The number of carboxylic acids is 3. The maximum absolute atomic E-state index is 12.1. The van der Waals surface area contributed by atoms with Gasteiger partial charge in [0.25, 0.3) is 11.8 Å². The molecule has 0 aromatic heterocycles. The van der Waals surface area contributed by atoms with Crippen molar-refractivity contribution in [2.24, 2.45) is 16.7 Å². The Labute approximate surface area is 274 Å². The van der Waals surface area contributed by atoms with Crippen LogP contribution < -0.4 is 32.8 Å². The van der Waals surface area contributed by atoms with E-state index in [1.54, 1.807) is 0 Å². The molecule has 0 saturated heterocycles. The van der Waals surface area contributed by atoms with Crippen LogP contribution in [0.5, 0.6) is 0 Å². The summed E-state index contributed by atoms with van der Waals surface area (Å²) in [7, 11) is 1.36. The average molecular weight is 744 g/mol. The molecule has 290 valence electrons. The van der Waals surface area contributed by atoms with Crippen LogP contribution in [0.2, 0.25) is 0 Å². The average Bonchev–Trinajstić information content (AvgIpc) is 2.97. The summed E-state index contributed by atoms with van der Waals surface area (Å²) in [6.45, 7) is 4.36. The Hall–Kier alpha value is -4.13. The van der Waals surface area contributed by atoms with Gasteiger partial charge in [-0.2, -0.15) is 44.6 Å². The number of carbonyl (C=O) groups is 5. The summed E-state index contributed by atoms with van der Waals surface area (Å²) < 4.78 is 100. The molecular formula is C24H42F9N7O9. The molecule has 0 heterocycles. The van der Waals surface area contributed by atoms with E-state index in [-0.39, 0.29) is 0 Å². The van der Waals surface area contributed by atoms with Crippen LogP contribution in [0.3, 0.4) is 0 Å². The summed E-state index contributed by atoms with van der Waals surface area (Å²) in [5.74, 6) is -4.09. The summed E-state index contributed by atoms with van der Waals surface area (Å²) in [6.07, 6.45) is -8.25. The molecule has 0 aliphatic rings. The fourth-order valence-corrected chi connectivity index (χ4v) is 2.49. The van der Waals surface area contributed by atoms with Crippen molar-refractivity contribution in [3.8, 4) is 0 Å². The summed E-state index contributed by atoms with van der Waals surface area (Å²) in [6, 6.07) is 0. The number of nitrogens with one attached hydrogen (secondary N) is 4. The lowest BCUT2D eigenvalue weighted by Gasteiger charge is -2.15. The summed E-state index contributed by atoms with van der Waals surface area (Å²) in [4.78, 5) is 50.9. The maximum Gasteiger partial charge on any atom is 0.490 e. The molecule has 16 nitrogen and oxygen atoms in total. The molecule has 25 heteroatoms. The van der Waals surface area contributed by atoms with Crippen molar-refractivity contribution >= 4 is 36.1 Å². The van der Waals surface area contributed by atoms with Gasteiger partial charge in [-0.05, 0) is 51.7 Å². The third kappa shape index (κ3) is 38.2. The molecule has 0 radical (unpaired) electrons. The largest absolute Gasteiger partial charge is 0.490 e. The van der Waals surface area contributed by atoms with Crippen LogP contribution >= 0.6 is 0 Å². The minimum atomic E-state index is -5.08. The number of hydrogen-bond acceptors (Lipinski definition) is 10. The van der Waals surface area contributed by atoms with Gasteiger partial charge in [0.05, 0.1) is 0 Å². The number of halogens is 9. The molecule has 1 unspecified atom stereocenters. The van der Waals surface area contributed by atoms with Crippen LogP contribution in [-0.2, 0) is 28.7 Å². The first-order valence-electron chi connectivity index (χ1n) is 13.8. The predicted molar refractivity (Wildman–Crippen MR) is 153 cm³/mol. The highest BCUT2D eigenvalue weighted by molar-refractivity contribution is 6.03. The molecule has 1 atom stereocenters. The number of hydrogen-bond donors (Lipinski definition) is 9. The van der Waals surface area contributed by atoms with Crippen molar-refractivity contribution in [2.75, 3.05) is 46.4 Å². The van der Waals surface area contributed by atoms with E-state index >= 15 is 0 Å². The standard InChI is InChI=1S/C18H39N7O3.3C2HF3O2/c1-28-16(18(27)24-14-7-6-10-21-12-8-9-19)17(26)23-13-5-3-2-4-11-22-15-25-20;3*3-2(4,5)1(6)7/h15-16,21H,2-14,19-20H2,1H3,(H,22,25)(H,23,26)(H,24,27);3*(H,6,7). The fourth-order valence-electron chi connectivity index (χ4n) is 2.49. The van der Waals surface area contributed by atoms with Gasteiger partial charge < -0.3 is 52.9 Å². The Morgan fingerprint density at radius 1 is 0.653 bits per heavy atom. The molecule has 0 aliphatic heterocycles. The number of rotatable bonds is 19. The lowest BCUT2D eigenvalue weighted by molar-refractivity contribution is -0.193. The normalized spacial score (nSPS) is 11.7. The molecule has 0 bridgehead atoms. The summed E-state index contributed by atoms with van der Waals surface area (Å²) in [5.41, 5.74) is 5.42. The smallest absolute Gasteiger partial charge is 0.475 e. The third-order valence-corrected chi connectivity index (χ3v) is 4.79. The van der Waals surface area contributed by atoms with E-state index in [9.17, 15) is 49.1 Å². The Morgan fingerprint density at radius 3 is 1.31 bits per heavy atom. The lowest BCUT2D eigenvalue weighted by atomic mass is 10.2. The van der Waals surface area contributed by atoms with Gasteiger partial charge in [-0.15, -0.1) is 0 Å². The molecule has 0 fully saturated rings. The number of alkyl halides is 9. The van der Waals surface area contributed by atoms with E-state index in [4.69, 9.17) is 46.0 Å². The third-order valence-electron chi connectivity index (χ3n) is 4.79. The van der Waals surface area contributed by atoms with E-state index in [1.165, 1.54) is 13.4 Å². The highest BCUT2D eigenvalue weighted by Gasteiger charge is 2.39. The Kier molecular flexibility index (Phi) is 31.6. The molecule has 11 N–H and O–H groups in total. The SMILES string of the molecule is COC(C(=O)NCCCCCCNC=NN)C(=O)NCCCCNCCCN.O=C(O)C(F)(F)F.O=C(O)C(F)(F)F.O=C(O)C(F)(F)F. The molecular weight excluding hydrogens is 701 g/mol. The number of unbranched alkanes of at least 4 members (excludes halogenated alkanes) is 4. The van der Waals surface area contributed by atoms with Crippen molar-refractivity contribution in [1.29, 1.82) is 0 Å². The van der Waals surface area contributed by atoms with Gasteiger partial charge in [0.1, 0.15) is 6.34 Å². The zero-order valence-electron chi connectivity index (χ0n) is 26.1. The number of nitrogens with zero attached hydrogens (tertiary/aromatic N) is 1. The molecule has 0 spiro atoms. The number of hydrazone groups is 1. The minimum absolute atomic E-state index is 0.399. The molecule has 49 heavy (non-hydrogen) atoms.